The highest BCUT2D eigenvalue weighted by molar-refractivity contribution is 5.78. The van der Waals surface area contributed by atoms with Gasteiger partial charge in [0.05, 0.1) is 24.0 Å². The lowest BCUT2D eigenvalue weighted by Gasteiger charge is -2.29. The molecular weight excluding hydrogens is 353 g/mol. The zero-order chi connectivity index (χ0) is 19.6. The largest absolute Gasteiger partial charge is 0.355 e. The molecule has 0 bridgehead atoms. The molecule has 0 fully saturated rings. The third-order valence-electron chi connectivity index (χ3n) is 5.09. The van der Waals surface area contributed by atoms with Crippen LogP contribution in [0.3, 0.4) is 0 Å². The number of aromatic nitrogens is 2. The Balaban J connectivity index is 1.43. The highest BCUT2D eigenvalue weighted by atomic mass is 19.1. The van der Waals surface area contributed by atoms with Crippen molar-refractivity contribution >= 4 is 12.0 Å². The number of amides is 1. The van der Waals surface area contributed by atoms with Crippen LogP contribution in [0.1, 0.15) is 23.7 Å². The summed E-state index contributed by atoms with van der Waals surface area (Å²) in [7, 11) is 0. The molecule has 0 aliphatic heterocycles. The van der Waals surface area contributed by atoms with Crippen molar-refractivity contribution in [3.8, 4) is 5.69 Å². The maximum absolute atomic E-state index is 13.2. The van der Waals surface area contributed by atoms with Gasteiger partial charge in [-0.3, -0.25) is 4.79 Å². The van der Waals surface area contributed by atoms with Gasteiger partial charge in [-0.2, -0.15) is 5.10 Å². The Bertz CT molecular complexity index is 1010. The van der Waals surface area contributed by atoms with Crippen molar-refractivity contribution < 1.29 is 9.18 Å². The minimum absolute atomic E-state index is 0.0219. The van der Waals surface area contributed by atoms with E-state index in [0.29, 0.717) is 13.0 Å². The first-order valence-electron chi connectivity index (χ1n) is 9.35. The molecule has 1 aliphatic rings. The fourth-order valence-electron chi connectivity index (χ4n) is 3.53. The Morgan fingerprint density at radius 1 is 1.18 bits per heavy atom. The highest BCUT2D eigenvalue weighted by Gasteiger charge is 2.28. The van der Waals surface area contributed by atoms with Crippen LogP contribution in [0.2, 0.25) is 0 Å². The van der Waals surface area contributed by atoms with Crippen molar-refractivity contribution in [1.29, 1.82) is 0 Å². The zero-order valence-electron chi connectivity index (χ0n) is 15.7. The third-order valence-corrected chi connectivity index (χ3v) is 5.09. The molecule has 1 atom stereocenters. The number of carbonyl (C=O) groups excluding carboxylic acids is 1. The van der Waals surface area contributed by atoms with Gasteiger partial charge >= 0.3 is 0 Å². The van der Waals surface area contributed by atoms with Crippen LogP contribution in [0.15, 0.2) is 66.9 Å². The number of fused-ring (bicyclic) bond motifs is 1. The van der Waals surface area contributed by atoms with Crippen LogP contribution in [-0.2, 0) is 17.6 Å². The lowest BCUT2D eigenvalue weighted by Crippen LogP contribution is -2.37. The van der Waals surface area contributed by atoms with Crippen LogP contribution < -0.4 is 5.32 Å². The topological polar surface area (TPSA) is 46.9 Å². The molecule has 4 rings (SSSR count). The minimum atomic E-state index is -0.265. The van der Waals surface area contributed by atoms with Crippen LogP contribution >= 0.6 is 0 Å². The maximum atomic E-state index is 13.2. The second kappa shape index (κ2) is 7.43. The predicted octanol–water partition coefficient (Wildman–Crippen LogP) is 3.95. The van der Waals surface area contributed by atoms with Gasteiger partial charge in [-0.25, -0.2) is 9.07 Å². The predicted molar refractivity (Wildman–Crippen MR) is 108 cm³/mol. The summed E-state index contributed by atoms with van der Waals surface area (Å²) in [6.07, 6.45) is 7.19. The van der Waals surface area contributed by atoms with E-state index < -0.39 is 0 Å². The van der Waals surface area contributed by atoms with Gasteiger partial charge in [0.15, 0.2) is 0 Å². The van der Waals surface area contributed by atoms with Crippen LogP contribution in [0.5, 0.6) is 0 Å². The van der Waals surface area contributed by atoms with Gasteiger partial charge < -0.3 is 5.32 Å². The number of nitrogens with zero attached hydrogens (tertiary/aromatic N) is 2. The second-order valence-corrected chi connectivity index (χ2v) is 7.55. The van der Waals surface area contributed by atoms with Crippen molar-refractivity contribution in [2.45, 2.75) is 19.8 Å². The summed E-state index contributed by atoms with van der Waals surface area (Å²) in [5, 5.41) is 7.53. The van der Waals surface area contributed by atoms with Crippen LogP contribution in [0.25, 0.3) is 11.8 Å². The fourth-order valence-corrected chi connectivity index (χ4v) is 3.53. The summed E-state index contributed by atoms with van der Waals surface area (Å²) >= 11 is 0. The summed E-state index contributed by atoms with van der Waals surface area (Å²) in [4.78, 5) is 12.3. The Morgan fingerprint density at radius 3 is 2.68 bits per heavy atom. The summed E-state index contributed by atoms with van der Waals surface area (Å²) in [5.41, 5.74) is 3.78. The Morgan fingerprint density at radius 2 is 1.93 bits per heavy atom. The first-order valence-corrected chi connectivity index (χ1v) is 9.35. The van der Waals surface area contributed by atoms with Gasteiger partial charge in [-0.15, -0.1) is 0 Å². The minimum Gasteiger partial charge on any atom is -0.355 e. The lowest BCUT2D eigenvalue weighted by molar-refractivity contribution is -0.120. The Labute approximate surface area is 163 Å². The second-order valence-electron chi connectivity index (χ2n) is 7.55. The van der Waals surface area contributed by atoms with Gasteiger partial charge in [-0.1, -0.05) is 43.3 Å². The van der Waals surface area contributed by atoms with E-state index in [-0.39, 0.29) is 17.1 Å². The van der Waals surface area contributed by atoms with E-state index in [1.54, 1.807) is 12.1 Å². The zero-order valence-corrected chi connectivity index (χ0v) is 15.7. The molecule has 0 spiro atoms. The molecule has 1 N–H and O–H groups in total. The summed E-state index contributed by atoms with van der Waals surface area (Å²) in [5.74, 6) is -0.243. The average molecular weight is 375 g/mol. The van der Waals surface area contributed by atoms with Crippen molar-refractivity contribution in [1.82, 2.24) is 15.1 Å². The smallest absolute Gasteiger partial charge is 0.224 e. The fraction of sp³-hybridized carbons (Fsp3) is 0.217. The van der Waals surface area contributed by atoms with E-state index in [1.807, 2.05) is 47.3 Å². The van der Waals surface area contributed by atoms with Crippen molar-refractivity contribution in [2.75, 3.05) is 6.54 Å². The quantitative estimate of drug-likeness (QED) is 0.734. The van der Waals surface area contributed by atoms with E-state index in [1.165, 1.54) is 12.1 Å². The molecule has 0 saturated heterocycles. The SMILES string of the molecule is C[C@@]1(CNC(=O)Cc2ccccc2)C=Cc2c(cnn2-c2ccc(F)cc2)C1. The number of rotatable bonds is 5. The molecule has 1 heterocycles. The Kier molecular flexibility index (Phi) is 4.82. The number of nitrogens with one attached hydrogen (secondary N) is 1. The molecule has 3 aromatic rings. The maximum Gasteiger partial charge on any atom is 0.224 e. The monoisotopic (exact) mass is 375 g/mol. The molecule has 1 aliphatic carbocycles. The van der Waals surface area contributed by atoms with Gasteiger partial charge in [0.1, 0.15) is 5.82 Å². The first-order chi connectivity index (χ1) is 13.5. The van der Waals surface area contributed by atoms with Crippen molar-refractivity contribution in [2.24, 2.45) is 5.41 Å². The van der Waals surface area contributed by atoms with Gasteiger partial charge in [0, 0.05) is 12.0 Å². The number of halogens is 1. The van der Waals surface area contributed by atoms with Gasteiger partial charge in [0.2, 0.25) is 5.91 Å². The van der Waals surface area contributed by atoms with Crippen molar-refractivity contribution in [3.05, 3.63) is 89.5 Å². The molecule has 142 valence electrons. The molecule has 5 heteroatoms. The van der Waals surface area contributed by atoms with E-state index in [4.69, 9.17) is 0 Å². The molecular formula is C23H22FN3O. The molecule has 1 amide bonds. The first kappa shape index (κ1) is 18.2. The number of carbonyl (C=O) groups is 1. The van der Waals surface area contributed by atoms with E-state index >= 15 is 0 Å². The number of hydrogen-bond acceptors (Lipinski definition) is 2. The lowest BCUT2D eigenvalue weighted by atomic mass is 9.79. The molecule has 1 aromatic heterocycles. The Hall–Kier alpha value is -3.21. The van der Waals surface area contributed by atoms with E-state index in [0.717, 1.165) is 28.9 Å². The molecule has 2 aromatic carbocycles. The molecule has 0 radical (unpaired) electrons. The normalized spacial score (nSPS) is 17.9. The van der Waals surface area contributed by atoms with Gasteiger partial charge in [-0.05, 0) is 47.9 Å². The summed E-state index contributed by atoms with van der Waals surface area (Å²) in [6, 6.07) is 16.0. The molecule has 0 saturated carbocycles. The molecule has 28 heavy (non-hydrogen) atoms. The van der Waals surface area contributed by atoms with E-state index in [9.17, 15) is 9.18 Å². The number of benzene rings is 2. The van der Waals surface area contributed by atoms with Crippen LogP contribution in [-0.4, -0.2) is 22.2 Å². The molecule has 0 unspecified atom stereocenters. The summed E-state index contributed by atoms with van der Waals surface area (Å²) < 4.78 is 15.0. The standard InChI is InChI=1S/C23H22FN3O/c1-23(16-25-22(28)13-17-5-3-2-4-6-17)12-11-21-18(14-23)15-26-27(21)20-9-7-19(24)8-10-20/h2-12,15H,13-14,16H2,1H3,(H,25,28)/t23-/m1/s1. The number of hydrogen-bond donors (Lipinski definition) is 1. The highest BCUT2D eigenvalue weighted by Crippen LogP contribution is 2.32. The van der Waals surface area contributed by atoms with Crippen LogP contribution in [0, 0.1) is 11.2 Å². The van der Waals surface area contributed by atoms with Crippen molar-refractivity contribution in [3.63, 3.8) is 0 Å². The summed E-state index contributed by atoms with van der Waals surface area (Å²) in [6.45, 7) is 2.70. The average Bonchev–Trinajstić information content (AvgIpc) is 3.10. The van der Waals surface area contributed by atoms with E-state index in [2.05, 4.69) is 23.4 Å². The van der Waals surface area contributed by atoms with Crippen LogP contribution in [0.4, 0.5) is 4.39 Å². The van der Waals surface area contributed by atoms with Gasteiger partial charge in [0.25, 0.3) is 0 Å². The molecule has 4 nitrogen and oxygen atoms in total. The third kappa shape index (κ3) is 3.88.